The number of hydrogen-bond acceptors (Lipinski definition) is 9. The zero-order valence-electron chi connectivity index (χ0n) is 20.8. The maximum absolute atomic E-state index is 12.6. The monoisotopic (exact) mass is 545 g/mol. The minimum absolute atomic E-state index is 0.0691. The molecule has 2 aliphatic heterocycles. The SMILES string of the molecule is CC(Nc1ccc2c(c1)Sc1cccc(-c3cc(N4CCOCC4)cc(=O)[nH]3)c1S2)c1ncc(CO)cn1. The first-order valence-corrected chi connectivity index (χ1v) is 14.1. The Kier molecular flexibility index (Phi) is 7.12. The number of rotatable bonds is 6. The lowest BCUT2D eigenvalue weighted by Crippen LogP contribution is -2.36. The number of aromatic amines is 1. The predicted molar refractivity (Wildman–Crippen MR) is 150 cm³/mol. The number of morpholine rings is 1. The van der Waals surface area contributed by atoms with Gasteiger partial charge in [-0.05, 0) is 37.3 Å². The van der Waals surface area contributed by atoms with Crippen LogP contribution in [-0.2, 0) is 11.3 Å². The zero-order chi connectivity index (χ0) is 26.1. The third-order valence-electron chi connectivity index (χ3n) is 6.53. The summed E-state index contributed by atoms with van der Waals surface area (Å²) in [5, 5.41) is 12.7. The van der Waals surface area contributed by atoms with Crippen LogP contribution < -0.4 is 15.8 Å². The van der Waals surface area contributed by atoms with E-state index in [1.54, 1.807) is 42.0 Å². The minimum atomic E-state index is -0.102. The second kappa shape index (κ2) is 10.8. The van der Waals surface area contributed by atoms with Crippen molar-refractivity contribution in [3.05, 3.63) is 82.7 Å². The van der Waals surface area contributed by atoms with E-state index in [2.05, 4.69) is 61.6 Å². The van der Waals surface area contributed by atoms with Gasteiger partial charge in [0.15, 0.2) is 0 Å². The molecule has 1 unspecified atom stereocenters. The van der Waals surface area contributed by atoms with Crippen molar-refractivity contribution < 1.29 is 9.84 Å². The molecule has 2 aromatic carbocycles. The van der Waals surface area contributed by atoms with Crippen LogP contribution in [-0.4, -0.2) is 46.4 Å². The molecule has 8 nitrogen and oxygen atoms in total. The fourth-order valence-corrected chi connectivity index (χ4v) is 6.98. The van der Waals surface area contributed by atoms with Crippen molar-refractivity contribution in [2.75, 3.05) is 36.5 Å². The molecule has 1 fully saturated rings. The van der Waals surface area contributed by atoms with Crippen LogP contribution in [0.4, 0.5) is 11.4 Å². The first kappa shape index (κ1) is 25.0. The van der Waals surface area contributed by atoms with Gasteiger partial charge in [0, 0.05) is 73.6 Å². The summed E-state index contributed by atoms with van der Waals surface area (Å²) in [5.74, 6) is 0.672. The van der Waals surface area contributed by atoms with Crippen LogP contribution in [0.2, 0.25) is 0 Å². The van der Waals surface area contributed by atoms with Crippen molar-refractivity contribution in [2.24, 2.45) is 0 Å². The van der Waals surface area contributed by atoms with Crippen LogP contribution in [0, 0.1) is 0 Å². The van der Waals surface area contributed by atoms with Crippen LogP contribution in [0.3, 0.4) is 0 Å². The number of aliphatic hydroxyl groups excluding tert-OH is 1. The molecule has 3 N–H and O–H groups in total. The summed E-state index contributed by atoms with van der Waals surface area (Å²) in [6, 6.07) is 16.3. The van der Waals surface area contributed by atoms with Gasteiger partial charge < -0.3 is 25.0 Å². The molecule has 2 aliphatic rings. The Balaban J connectivity index is 1.25. The Morgan fingerprint density at radius 3 is 2.66 bits per heavy atom. The largest absolute Gasteiger partial charge is 0.392 e. The number of pyridine rings is 1. The average Bonchev–Trinajstić information content (AvgIpc) is 2.96. The van der Waals surface area contributed by atoms with Gasteiger partial charge in [0.2, 0.25) is 5.56 Å². The van der Waals surface area contributed by atoms with E-state index in [1.165, 1.54) is 9.79 Å². The van der Waals surface area contributed by atoms with Crippen LogP contribution in [0.5, 0.6) is 0 Å². The summed E-state index contributed by atoms with van der Waals surface area (Å²) in [5.41, 5.74) is 4.36. The van der Waals surface area contributed by atoms with Gasteiger partial charge >= 0.3 is 0 Å². The first-order valence-electron chi connectivity index (χ1n) is 12.5. The summed E-state index contributed by atoms with van der Waals surface area (Å²) < 4.78 is 5.48. The number of hydrogen-bond donors (Lipinski definition) is 3. The van der Waals surface area contributed by atoms with Gasteiger partial charge in [0.1, 0.15) is 5.82 Å². The van der Waals surface area contributed by atoms with E-state index in [-0.39, 0.29) is 18.2 Å². The second-order valence-corrected chi connectivity index (χ2v) is 11.3. The van der Waals surface area contributed by atoms with Crippen molar-refractivity contribution >= 4 is 34.9 Å². The van der Waals surface area contributed by atoms with E-state index in [0.29, 0.717) is 24.6 Å². The van der Waals surface area contributed by atoms with Gasteiger partial charge in [0.05, 0.1) is 31.6 Å². The third kappa shape index (κ3) is 5.17. The van der Waals surface area contributed by atoms with Crippen LogP contribution >= 0.6 is 23.5 Å². The fraction of sp³-hybridized carbons (Fsp3) is 0.250. The highest BCUT2D eigenvalue weighted by molar-refractivity contribution is 8.05. The summed E-state index contributed by atoms with van der Waals surface area (Å²) in [6.45, 7) is 4.85. The number of anilines is 2. The molecule has 1 saturated heterocycles. The van der Waals surface area contributed by atoms with E-state index in [0.717, 1.165) is 45.5 Å². The van der Waals surface area contributed by atoms with E-state index in [9.17, 15) is 9.90 Å². The molecule has 38 heavy (non-hydrogen) atoms. The van der Waals surface area contributed by atoms with Crippen LogP contribution in [0.1, 0.15) is 24.4 Å². The average molecular weight is 546 g/mol. The molecule has 194 valence electrons. The van der Waals surface area contributed by atoms with E-state index in [4.69, 9.17) is 4.74 Å². The normalized spacial score (nSPS) is 15.5. The molecule has 6 rings (SSSR count). The summed E-state index contributed by atoms with van der Waals surface area (Å²) in [6.07, 6.45) is 3.30. The number of H-pyrrole nitrogens is 1. The fourth-order valence-electron chi connectivity index (χ4n) is 4.57. The Morgan fingerprint density at radius 1 is 1.05 bits per heavy atom. The van der Waals surface area contributed by atoms with Gasteiger partial charge in [-0.1, -0.05) is 35.7 Å². The molecule has 10 heteroatoms. The summed E-state index contributed by atoms with van der Waals surface area (Å²) >= 11 is 3.46. The number of aliphatic hydroxyl groups is 1. The number of benzene rings is 2. The van der Waals surface area contributed by atoms with E-state index in [1.807, 2.05) is 13.0 Å². The summed E-state index contributed by atoms with van der Waals surface area (Å²) in [7, 11) is 0. The van der Waals surface area contributed by atoms with Crippen molar-refractivity contribution in [3.8, 4) is 11.3 Å². The summed E-state index contributed by atoms with van der Waals surface area (Å²) in [4.78, 5) is 31.2. The molecule has 0 aliphatic carbocycles. The molecular formula is C28H27N5O3S2. The molecule has 2 aromatic heterocycles. The smallest absolute Gasteiger partial charge is 0.250 e. The van der Waals surface area contributed by atoms with Crippen molar-refractivity contribution in [1.82, 2.24) is 15.0 Å². The van der Waals surface area contributed by atoms with Crippen molar-refractivity contribution in [1.29, 1.82) is 0 Å². The molecule has 4 aromatic rings. The number of nitrogens with zero attached hydrogens (tertiary/aromatic N) is 3. The molecular weight excluding hydrogens is 518 g/mol. The topological polar surface area (TPSA) is 103 Å². The lowest BCUT2D eigenvalue weighted by atomic mass is 10.1. The number of nitrogens with one attached hydrogen (secondary N) is 2. The maximum atomic E-state index is 12.6. The molecule has 0 saturated carbocycles. The maximum Gasteiger partial charge on any atom is 0.250 e. The lowest BCUT2D eigenvalue weighted by molar-refractivity contribution is 0.122. The molecule has 0 amide bonds. The Morgan fingerprint density at radius 2 is 1.87 bits per heavy atom. The van der Waals surface area contributed by atoms with Gasteiger partial charge in [-0.3, -0.25) is 4.79 Å². The quantitative estimate of drug-likeness (QED) is 0.273. The molecule has 0 spiro atoms. The van der Waals surface area contributed by atoms with Gasteiger partial charge in [-0.2, -0.15) is 0 Å². The van der Waals surface area contributed by atoms with Gasteiger partial charge in [0.25, 0.3) is 0 Å². The van der Waals surface area contributed by atoms with Crippen LogP contribution in [0.25, 0.3) is 11.3 Å². The number of aromatic nitrogens is 3. The van der Waals surface area contributed by atoms with Gasteiger partial charge in [-0.15, -0.1) is 0 Å². The Bertz CT molecular complexity index is 1520. The van der Waals surface area contributed by atoms with Crippen LogP contribution in [0.15, 0.2) is 85.3 Å². The van der Waals surface area contributed by atoms with Crippen molar-refractivity contribution in [2.45, 2.75) is 39.2 Å². The molecule has 0 bridgehead atoms. The van der Waals surface area contributed by atoms with E-state index >= 15 is 0 Å². The Hall–Kier alpha value is -3.31. The highest BCUT2D eigenvalue weighted by Crippen LogP contribution is 2.52. The highest BCUT2D eigenvalue weighted by Gasteiger charge is 2.22. The Labute approximate surface area is 228 Å². The lowest BCUT2D eigenvalue weighted by Gasteiger charge is -2.29. The van der Waals surface area contributed by atoms with E-state index < -0.39 is 0 Å². The highest BCUT2D eigenvalue weighted by atomic mass is 32.2. The zero-order valence-corrected chi connectivity index (χ0v) is 22.4. The first-order chi connectivity index (χ1) is 18.6. The minimum Gasteiger partial charge on any atom is -0.392 e. The number of fused-ring (bicyclic) bond motifs is 2. The third-order valence-corrected chi connectivity index (χ3v) is 9.12. The molecule has 0 radical (unpaired) electrons. The predicted octanol–water partition coefficient (Wildman–Crippen LogP) is 4.95. The van der Waals surface area contributed by atoms with Crippen molar-refractivity contribution in [3.63, 3.8) is 0 Å². The standard InChI is InChI=1S/C28H27N5O3S2/c1-17(28-29-14-18(16-34)15-30-28)31-19-5-6-23-25(11-19)37-24-4-2-3-21(27(24)38-23)22-12-20(13-26(35)32-22)33-7-9-36-10-8-33/h2-6,11-15,17,31,34H,7-10,16H2,1H3,(H,32,35). The molecule has 1 atom stereocenters. The second-order valence-electron chi connectivity index (χ2n) is 9.19. The molecule has 4 heterocycles. The van der Waals surface area contributed by atoms with Gasteiger partial charge in [-0.25, -0.2) is 9.97 Å². The number of ether oxygens (including phenoxy) is 1.